The van der Waals surface area contributed by atoms with Crippen molar-refractivity contribution < 1.29 is 27.6 Å². The van der Waals surface area contributed by atoms with Crippen molar-refractivity contribution in [3.8, 4) is 11.5 Å². The first-order valence-electron chi connectivity index (χ1n) is 12.2. The average molecular weight is 581 g/mol. The molecule has 0 aromatic heterocycles. The van der Waals surface area contributed by atoms with Crippen molar-refractivity contribution in [2.45, 2.75) is 35.8 Å². The highest BCUT2D eigenvalue weighted by atomic mass is 35.5. The lowest BCUT2D eigenvalue weighted by Crippen LogP contribution is -2.32. The van der Waals surface area contributed by atoms with Gasteiger partial charge in [0, 0.05) is 11.8 Å². The molecule has 0 spiro atoms. The number of halogens is 1. The maximum atomic E-state index is 13.1. The van der Waals surface area contributed by atoms with Gasteiger partial charge in [-0.05, 0) is 72.6 Å². The average Bonchev–Trinajstić information content (AvgIpc) is 2.96. The molecule has 4 aromatic rings. The monoisotopic (exact) mass is 580 g/mol. The zero-order valence-electron chi connectivity index (χ0n) is 21.3. The summed E-state index contributed by atoms with van der Waals surface area (Å²) in [7, 11) is -3.80. The van der Waals surface area contributed by atoms with Crippen molar-refractivity contribution >= 4 is 38.7 Å². The summed E-state index contributed by atoms with van der Waals surface area (Å²) in [6.07, 6.45) is -0.638. The SMILES string of the molecule is CCC(Oc1ccc(S(=O)(=O)c2ccc(OCc3ccccc3)cc2)cc1)C(=O)Nc1ccc(Cl)c([N+](=O)[O-])c1. The number of nitro groups is 1. The molecule has 0 bridgehead atoms. The van der Waals surface area contributed by atoms with Gasteiger partial charge in [-0.1, -0.05) is 48.9 Å². The van der Waals surface area contributed by atoms with Crippen LogP contribution in [0.15, 0.2) is 107 Å². The van der Waals surface area contributed by atoms with E-state index >= 15 is 0 Å². The molecule has 9 nitrogen and oxygen atoms in total. The first-order valence-corrected chi connectivity index (χ1v) is 14.1. The zero-order chi connectivity index (χ0) is 28.7. The minimum absolute atomic E-state index is 0.0475. The summed E-state index contributed by atoms with van der Waals surface area (Å²) in [4.78, 5) is 23.4. The smallest absolute Gasteiger partial charge is 0.289 e. The van der Waals surface area contributed by atoms with E-state index in [1.165, 1.54) is 48.5 Å². The fourth-order valence-corrected chi connectivity index (χ4v) is 5.18. The summed E-state index contributed by atoms with van der Waals surface area (Å²) in [6.45, 7) is 2.10. The standard InChI is InChI=1S/C29H25ClN2O7S/c1-2-28(29(33)31-21-8-17-26(30)27(18-21)32(34)35)39-23-11-15-25(16-12-23)40(36,37)24-13-9-22(10-14-24)38-19-20-6-4-3-5-7-20/h3-18,28H,2,19H2,1H3,(H,31,33). The third kappa shape index (κ3) is 6.96. The van der Waals surface area contributed by atoms with Crippen LogP contribution in [-0.2, 0) is 21.2 Å². The van der Waals surface area contributed by atoms with Gasteiger partial charge in [0.15, 0.2) is 6.10 Å². The second-order valence-electron chi connectivity index (χ2n) is 8.65. The molecule has 40 heavy (non-hydrogen) atoms. The number of carbonyl (C=O) groups is 1. The molecular formula is C29H25ClN2O7S. The summed E-state index contributed by atoms with van der Waals surface area (Å²) in [6, 6.07) is 25.5. The van der Waals surface area contributed by atoms with Gasteiger partial charge in [0.05, 0.1) is 14.7 Å². The Morgan fingerprint density at radius 3 is 2.10 bits per heavy atom. The Balaban J connectivity index is 1.39. The summed E-state index contributed by atoms with van der Waals surface area (Å²) >= 11 is 5.82. The normalized spacial score (nSPS) is 11.8. The van der Waals surface area contributed by atoms with Crippen molar-refractivity contribution in [1.29, 1.82) is 0 Å². The highest BCUT2D eigenvalue weighted by Crippen LogP contribution is 2.28. The number of nitrogens with zero attached hydrogens (tertiary/aromatic N) is 1. The van der Waals surface area contributed by atoms with Gasteiger partial charge in [-0.3, -0.25) is 14.9 Å². The molecule has 0 radical (unpaired) electrons. The number of nitro benzene ring substituents is 1. The first kappa shape index (κ1) is 28.6. The lowest BCUT2D eigenvalue weighted by atomic mass is 10.2. The van der Waals surface area contributed by atoms with Crippen LogP contribution in [0.2, 0.25) is 5.02 Å². The fourth-order valence-electron chi connectivity index (χ4n) is 3.73. The van der Waals surface area contributed by atoms with Crippen LogP contribution < -0.4 is 14.8 Å². The van der Waals surface area contributed by atoms with E-state index in [0.29, 0.717) is 18.8 Å². The lowest BCUT2D eigenvalue weighted by Gasteiger charge is -2.17. The number of hydrogen-bond donors (Lipinski definition) is 1. The van der Waals surface area contributed by atoms with Crippen molar-refractivity contribution in [2.75, 3.05) is 5.32 Å². The Morgan fingerprint density at radius 1 is 0.925 bits per heavy atom. The fraction of sp³-hybridized carbons (Fsp3) is 0.138. The Labute approximate surface area is 236 Å². The molecule has 0 aliphatic rings. The summed E-state index contributed by atoms with van der Waals surface area (Å²) in [5, 5.41) is 13.6. The van der Waals surface area contributed by atoms with Crippen LogP contribution >= 0.6 is 11.6 Å². The number of benzene rings is 4. The van der Waals surface area contributed by atoms with E-state index in [9.17, 15) is 23.3 Å². The van der Waals surface area contributed by atoms with E-state index in [0.717, 1.165) is 11.6 Å². The van der Waals surface area contributed by atoms with Crippen molar-refractivity contribution in [3.63, 3.8) is 0 Å². The highest BCUT2D eigenvalue weighted by Gasteiger charge is 2.22. The lowest BCUT2D eigenvalue weighted by molar-refractivity contribution is -0.384. The molecule has 4 rings (SSSR count). The number of nitrogens with one attached hydrogen (secondary N) is 1. The van der Waals surface area contributed by atoms with Crippen LogP contribution in [0.1, 0.15) is 18.9 Å². The molecule has 0 aliphatic carbocycles. The maximum Gasteiger partial charge on any atom is 0.289 e. The molecule has 0 saturated carbocycles. The summed E-state index contributed by atoms with van der Waals surface area (Å²) < 4.78 is 37.7. The van der Waals surface area contributed by atoms with Gasteiger partial charge in [-0.25, -0.2) is 8.42 Å². The molecule has 1 unspecified atom stereocenters. The maximum absolute atomic E-state index is 13.1. The highest BCUT2D eigenvalue weighted by molar-refractivity contribution is 7.91. The molecule has 1 amide bonds. The Kier molecular flexibility index (Phi) is 9.03. The van der Waals surface area contributed by atoms with Gasteiger partial charge in [0.2, 0.25) is 9.84 Å². The van der Waals surface area contributed by atoms with Gasteiger partial charge >= 0.3 is 0 Å². The first-order chi connectivity index (χ1) is 19.2. The van der Waals surface area contributed by atoms with Crippen LogP contribution in [-0.4, -0.2) is 25.4 Å². The van der Waals surface area contributed by atoms with Crippen LogP contribution in [0.5, 0.6) is 11.5 Å². The van der Waals surface area contributed by atoms with E-state index in [1.54, 1.807) is 19.1 Å². The minimum atomic E-state index is -3.80. The second-order valence-corrected chi connectivity index (χ2v) is 11.0. The van der Waals surface area contributed by atoms with E-state index in [4.69, 9.17) is 21.1 Å². The predicted octanol–water partition coefficient (Wildman–Crippen LogP) is 6.46. The molecule has 4 aromatic carbocycles. The van der Waals surface area contributed by atoms with Crippen LogP contribution in [0.3, 0.4) is 0 Å². The Hall–Kier alpha value is -4.41. The molecule has 206 valence electrons. The van der Waals surface area contributed by atoms with Gasteiger partial charge in [0.25, 0.3) is 11.6 Å². The number of amides is 1. The van der Waals surface area contributed by atoms with Crippen molar-refractivity contribution in [1.82, 2.24) is 0 Å². The second kappa shape index (κ2) is 12.6. The van der Waals surface area contributed by atoms with Crippen LogP contribution in [0.4, 0.5) is 11.4 Å². The topological polar surface area (TPSA) is 125 Å². The van der Waals surface area contributed by atoms with E-state index in [1.807, 2.05) is 30.3 Å². The van der Waals surface area contributed by atoms with Crippen molar-refractivity contribution in [3.05, 3.63) is 118 Å². The van der Waals surface area contributed by atoms with E-state index < -0.39 is 26.8 Å². The number of ether oxygens (including phenoxy) is 2. The molecule has 11 heteroatoms. The van der Waals surface area contributed by atoms with Crippen molar-refractivity contribution in [2.24, 2.45) is 0 Å². The Bertz CT molecular complexity index is 1590. The molecule has 1 atom stereocenters. The van der Waals surface area contributed by atoms with Crippen LogP contribution in [0, 0.1) is 10.1 Å². The summed E-state index contributed by atoms with van der Waals surface area (Å²) in [5.74, 6) is 0.307. The quantitative estimate of drug-likeness (QED) is 0.159. The van der Waals surface area contributed by atoms with Gasteiger partial charge in [0.1, 0.15) is 23.1 Å². The van der Waals surface area contributed by atoms with Crippen LogP contribution in [0.25, 0.3) is 0 Å². The van der Waals surface area contributed by atoms with E-state index in [-0.39, 0.29) is 31.9 Å². The Morgan fingerprint density at radius 2 is 1.52 bits per heavy atom. The van der Waals surface area contributed by atoms with Gasteiger partial charge in [-0.15, -0.1) is 0 Å². The van der Waals surface area contributed by atoms with Gasteiger partial charge in [-0.2, -0.15) is 0 Å². The molecule has 1 N–H and O–H groups in total. The molecule has 0 aliphatic heterocycles. The third-order valence-corrected chi connectivity index (χ3v) is 7.97. The summed E-state index contributed by atoms with van der Waals surface area (Å²) in [5.41, 5.74) is 0.860. The zero-order valence-corrected chi connectivity index (χ0v) is 22.9. The minimum Gasteiger partial charge on any atom is -0.489 e. The third-order valence-electron chi connectivity index (χ3n) is 5.87. The number of rotatable bonds is 11. The molecule has 0 fully saturated rings. The molecule has 0 saturated heterocycles. The number of anilines is 1. The number of hydrogen-bond acceptors (Lipinski definition) is 7. The van der Waals surface area contributed by atoms with E-state index in [2.05, 4.69) is 5.32 Å². The van der Waals surface area contributed by atoms with Gasteiger partial charge < -0.3 is 14.8 Å². The number of carbonyl (C=O) groups excluding carboxylic acids is 1. The predicted molar refractivity (Wildman–Crippen MR) is 151 cm³/mol. The molecular weight excluding hydrogens is 556 g/mol. The number of sulfone groups is 1. The largest absolute Gasteiger partial charge is 0.489 e. The molecule has 0 heterocycles.